The minimum Gasteiger partial charge on any atom is -0.406 e. The number of halogens is 3. The minimum absolute atomic E-state index is 0.296. The Bertz CT molecular complexity index is 1200. The van der Waals surface area contributed by atoms with Crippen molar-refractivity contribution in [3.05, 3.63) is 77.0 Å². The van der Waals surface area contributed by atoms with E-state index >= 15 is 0 Å². The molecular formula is C19H13F3N4O2. The lowest BCUT2D eigenvalue weighted by Crippen LogP contribution is -2.22. The van der Waals surface area contributed by atoms with Gasteiger partial charge in [-0.05, 0) is 43.3 Å². The summed E-state index contributed by atoms with van der Waals surface area (Å²) in [5, 5.41) is 4.55. The fraction of sp³-hybridized carbons (Fsp3) is 0.105. The normalized spacial score (nSPS) is 11.7. The van der Waals surface area contributed by atoms with Crippen LogP contribution in [0.25, 0.3) is 22.4 Å². The predicted molar refractivity (Wildman–Crippen MR) is 95.9 cm³/mol. The van der Waals surface area contributed by atoms with Crippen molar-refractivity contribution < 1.29 is 17.9 Å². The lowest BCUT2D eigenvalue weighted by atomic mass is 10.2. The summed E-state index contributed by atoms with van der Waals surface area (Å²) in [6.45, 7) is 1.64. The van der Waals surface area contributed by atoms with Crippen LogP contribution in [0.3, 0.4) is 0 Å². The van der Waals surface area contributed by atoms with Gasteiger partial charge in [-0.15, -0.1) is 13.2 Å². The molecule has 0 spiro atoms. The van der Waals surface area contributed by atoms with Crippen molar-refractivity contribution in [1.29, 1.82) is 0 Å². The molecule has 4 aromatic rings. The summed E-state index contributed by atoms with van der Waals surface area (Å²) in [6, 6.07) is 14.3. The van der Waals surface area contributed by atoms with E-state index in [1.165, 1.54) is 22.9 Å². The average Bonchev–Trinajstić information content (AvgIpc) is 3.06. The molecule has 0 fully saturated rings. The Morgan fingerprint density at radius 2 is 1.64 bits per heavy atom. The van der Waals surface area contributed by atoms with Crippen molar-refractivity contribution in [2.24, 2.45) is 0 Å². The van der Waals surface area contributed by atoms with Gasteiger partial charge in [0.05, 0.1) is 17.6 Å². The lowest BCUT2D eigenvalue weighted by molar-refractivity contribution is -0.274. The van der Waals surface area contributed by atoms with Crippen molar-refractivity contribution in [3.8, 4) is 17.1 Å². The molecule has 9 heteroatoms. The molecule has 0 radical (unpaired) electrons. The zero-order valence-corrected chi connectivity index (χ0v) is 14.5. The van der Waals surface area contributed by atoms with E-state index in [0.717, 1.165) is 17.8 Å². The highest BCUT2D eigenvalue weighted by Crippen LogP contribution is 2.24. The monoisotopic (exact) mass is 386 g/mol. The molecule has 2 aromatic carbocycles. The second kappa shape index (κ2) is 6.52. The van der Waals surface area contributed by atoms with Crippen molar-refractivity contribution in [1.82, 2.24) is 19.3 Å². The number of para-hydroxylation sites is 1. The van der Waals surface area contributed by atoms with E-state index in [-0.39, 0.29) is 11.3 Å². The van der Waals surface area contributed by atoms with Crippen LogP contribution in [0.1, 0.15) is 5.82 Å². The summed E-state index contributed by atoms with van der Waals surface area (Å²) in [6.07, 6.45) is -3.35. The third-order valence-corrected chi connectivity index (χ3v) is 4.10. The Hall–Kier alpha value is -3.62. The topological polar surface area (TPSA) is 61.9 Å². The first kappa shape index (κ1) is 17.8. The van der Waals surface area contributed by atoms with E-state index in [0.29, 0.717) is 22.5 Å². The molecule has 0 saturated carbocycles. The van der Waals surface area contributed by atoms with Crippen LogP contribution in [0, 0.1) is 6.92 Å². The molecule has 0 aliphatic rings. The van der Waals surface area contributed by atoms with Gasteiger partial charge in [-0.2, -0.15) is 5.10 Å². The molecule has 0 amide bonds. The summed E-state index contributed by atoms with van der Waals surface area (Å²) < 4.78 is 43.7. The minimum atomic E-state index is -4.78. The van der Waals surface area contributed by atoms with Gasteiger partial charge in [-0.1, -0.05) is 18.2 Å². The quantitative estimate of drug-likeness (QED) is 0.538. The second-order valence-electron chi connectivity index (χ2n) is 5.97. The Kier molecular flexibility index (Phi) is 4.14. The maximum absolute atomic E-state index is 13.0. The molecule has 142 valence electrons. The van der Waals surface area contributed by atoms with Gasteiger partial charge in [-0.25, -0.2) is 9.67 Å². The standard InChI is InChI=1S/C19H13F3N4O2/c1-12-24-17-16(11-23-26(17)14-5-3-2-4-6-14)18(27)25(12)13-7-9-15(10-8-13)28-19(20,21)22/h2-11H,1H3. The first-order chi connectivity index (χ1) is 13.3. The highest BCUT2D eigenvalue weighted by atomic mass is 19.4. The second-order valence-corrected chi connectivity index (χ2v) is 5.97. The summed E-state index contributed by atoms with van der Waals surface area (Å²) in [4.78, 5) is 17.4. The molecule has 2 heterocycles. The molecular weight excluding hydrogens is 373 g/mol. The van der Waals surface area contributed by atoms with E-state index in [1.807, 2.05) is 30.3 Å². The van der Waals surface area contributed by atoms with Crippen LogP contribution >= 0.6 is 0 Å². The Morgan fingerprint density at radius 1 is 0.964 bits per heavy atom. The van der Waals surface area contributed by atoms with E-state index < -0.39 is 6.36 Å². The van der Waals surface area contributed by atoms with Gasteiger partial charge in [0.25, 0.3) is 5.56 Å². The molecule has 0 N–H and O–H groups in total. The zero-order valence-electron chi connectivity index (χ0n) is 14.5. The highest BCUT2D eigenvalue weighted by Gasteiger charge is 2.31. The third kappa shape index (κ3) is 3.22. The van der Waals surface area contributed by atoms with Gasteiger partial charge in [0.2, 0.25) is 0 Å². The molecule has 0 saturated heterocycles. The van der Waals surface area contributed by atoms with Gasteiger partial charge < -0.3 is 4.74 Å². The first-order valence-corrected chi connectivity index (χ1v) is 8.22. The summed E-state index contributed by atoms with van der Waals surface area (Å²) >= 11 is 0. The van der Waals surface area contributed by atoms with Gasteiger partial charge in [0, 0.05) is 0 Å². The summed E-state index contributed by atoms with van der Waals surface area (Å²) in [7, 11) is 0. The van der Waals surface area contributed by atoms with Crippen LogP contribution in [0.15, 0.2) is 65.6 Å². The van der Waals surface area contributed by atoms with Crippen molar-refractivity contribution in [2.45, 2.75) is 13.3 Å². The SMILES string of the molecule is Cc1nc2c(cnn2-c2ccccc2)c(=O)n1-c1ccc(OC(F)(F)F)cc1. The zero-order chi connectivity index (χ0) is 19.9. The molecule has 28 heavy (non-hydrogen) atoms. The van der Waals surface area contributed by atoms with Gasteiger partial charge >= 0.3 is 6.36 Å². The molecule has 0 atom stereocenters. The van der Waals surface area contributed by atoms with E-state index in [2.05, 4.69) is 14.8 Å². The summed E-state index contributed by atoms with van der Waals surface area (Å²) in [5.74, 6) is 0.00700. The van der Waals surface area contributed by atoms with Crippen LogP contribution in [-0.2, 0) is 0 Å². The smallest absolute Gasteiger partial charge is 0.406 e. The number of fused-ring (bicyclic) bond motifs is 1. The number of aromatic nitrogens is 4. The number of nitrogens with zero attached hydrogens (tertiary/aromatic N) is 4. The Balaban J connectivity index is 1.80. The van der Waals surface area contributed by atoms with Crippen LogP contribution < -0.4 is 10.3 Å². The molecule has 2 aromatic heterocycles. The molecule has 6 nitrogen and oxygen atoms in total. The number of hydrogen-bond acceptors (Lipinski definition) is 4. The Labute approximate surface area is 156 Å². The van der Waals surface area contributed by atoms with Gasteiger partial charge in [0.1, 0.15) is 17.0 Å². The molecule has 0 aliphatic heterocycles. The fourth-order valence-corrected chi connectivity index (χ4v) is 2.93. The largest absolute Gasteiger partial charge is 0.573 e. The van der Waals surface area contributed by atoms with Crippen LogP contribution in [0.4, 0.5) is 13.2 Å². The van der Waals surface area contributed by atoms with Crippen molar-refractivity contribution in [2.75, 3.05) is 0 Å². The number of ether oxygens (including phenoxy) is 1. The number of aryl methyl sites for hydroxylation is 1. The van der Waals surface area contributed by atoms with Crippen molar-refractivity contribution in [3.63, 3.8) is 0 Å². The fourth-order valence-electron chi connectivity index (χ4n) is 2.93. The summed E-state index contributed by atoms with van der Waals surface area (Å²) in [5.41, 5.74) is 1.17. The van der Waals surface area contributed by atoms with Crippen LogP contribution in [-0.4, -0.2) is 25.7 Å². The van der Waals surface area contributed by atoms with E-state index in [1.54, 1.807) is 11.6 Å². The average molecular weight is 386 g/mol. The first-order valence-electron chi connectivity index (χ1n) is 8.22. The number of benzene rings is 2. The maximum Gasteiger partial charge on any atom is 0.573 e. The Morgan fingerprint density at radius 3 is 2.29 bits per heavy atom. The van der Waals surface area contributed by atoms with Gasteiger partial charge in [-0.3, -0.25) is 9.36 Å². The third-order valence-electron chi connectivity index (χ3n) is 4.10. The maximum atomic E-state index is 13.0. The van der Waals surface area contributed by atoms with E-state index in [4.69, 9.17) is 0 Å². The molecule has 0 unspecified atom stereocenters. The molecule has 0 bridgehead atoms. The number of hydrogen-bond donors (Lipinski definition) is 0. The lowest BCUT2D eigenvalue weighted by Gasteiger charge is -2.12. The van der Waals surface area contributed by atoms with Crippen LogP contribution in [0.2, 0.25) is 0 Å². The molecule has 4 rings (SSSR count). The van der Waals surface area contributed by atoms with Crippen LogP contribution in [0.5, 0.6) is 5.75 Å². The van der Waals surface area contributed by atoms with Crippen molar-refractivity contribution >= 4 is 11.0 Å². The highest BCUT2D eigenvalue weighted by molar-refractivity contribution is 5.75. The predicted octanol–water partition coefficient (Wildman–Crippen LogP) is 3.78. The molecule has 0 aliphatic carbocycles. The number of rotatable bonds is 3. The van der Waals surface area contributed by atoms with Gasteiger partial charge in [0.15, 0.2) is 5.65 Å². The van der Waals surface area contributed by atoms with E-state index in [9.17, 15) is 18.0 Å². The number of alkyl halides is 3.